The third kappa shape index (κ3) is 3.34. The number of nitrogens with zero attached hydrogens (tertiary/aromatic N) is 5. The van der Waals surface area contributed by atoms with Gasteiger partial charge < -0.3 is 10.5 Å². The molecule has 6 rings (SSSR count). The smallest absolute Gasteiger partial charge is 0.414 e. The van der Waals surface area contributed by atoms with Crippen LogP contribution in [0.3, 0.4) is 0 Å². The summed E-state index contributed by atoms with van der Waals surface area (Å²) in [4.78, 5) is 18.2. The molecule has 2 aromatic heterocycles. The molecule has 2 N–H and O–H groups in total. The topological polar surface area (TPSA) is 116 Å². The number of anilines is 1. The standard InChI is InChI=1S/C22H21FN6O3S/c23-19-7-14(29-10-15(32-21(29)30)9-28-6-5-26-27-28)2-3-16(19)13-1-4-20(25-8-13)22(24)17-11-33(31)12-18(17)22/h1-8,15,17-18H,9-12,24H2/t15-,17-,18+,22?,33?/m0/s1. The third-order valence-corrected chi connectivity index (χ3v) is 8.32. The van der Waals surface area contributed by atoms with Gasteiger partial charge in [-0.15, -0.1) is 5.10 Å². The number of cyclic esters (lactones) is 1. The second-order valence-corrected chi connectivity index (χ2v) is 10.3. The van der Waals surface area contributed by atoms with Gasteiger partial charge in [0.2, 0.25) is 0 Å². The maximum Gasteiger partial charge on any atom is 0.414 e. The van der Waals surface area contributed by atoms with E-state index in [9.17, 15) is 9.00 Å². The molecular weight excluding hydrogens is 447 g/mol. The number of rotatable bonds is 5. The van der Waals surface area contributed by atoms with Crippen molar-refractivity contribution in [3.63, 3.8) is 0 Å². The van der Waals surface area contributed by atoms with Gasteiger partial charge in [-0.3, -0.25) is 14.1 Å². The van der Waals surface area contributed by atoms with Crippen molar-refractivity contribution in [2.75, 3.05) is 23.0 Å². The molecule has 2 aliphatic heterocycles. The molecule has 11 heteroatoms. The number of ether oxygens (including phenoxy) is 1. The predicted octanol–water partition coefficient (Wildman–Crippen LogP) is 1.67. The second-order valence-electron chi connectivity index (χ2n) is 8.76. The number of carbonyl (C=O) groups excluding carboxylic acids is 1. The number of carbonyl (C=O) groups is 1. The minimum absolute atomic E-state index is 0.210. The lowest BCUT2D eigenvalue weighted by Gasteiger charge is -2.16. The zero-order chi connectivity index (χ0) is 22.7. The molecule has 2 unspecified atom stereocenters. The van der Waals surface area contributed by atoms with Crippen molar-refractivity contribution in [1.29, 1.82) is 0 Å². The van der Waals surface area contributed by atoms with Crippen LogP contribution in [0.1, 0.15) is 5.69 Å². The van der Waals surface area contributed by atoms with Gasteiger partial charge in [0.25, 0.3) is 0 Å². The van der Waals surface area contributed by atoms with E-state index in [4.69, 9.17) is 10.5 Å². The first-order valence-electron chi connectivity index (χ1n) is 10.7. The molecule has 170 valence electrons. The van der Waals surface area contributed by atoms with Gasteiger partial charge in [-0.2, -0.15) is 0 Å². The quantitative estimate of drug-likeness (QED) is 0.605. The maximum atomic E-state index is 15.0. The second kappa shape index (κ2) is 7.42. The molecular formula is C22H21FN6O3S. The van der Waals surface area contributed by atoms with Crippen LogP contribution < -0.4 is 10.6 Å². The molecule has 2 saturated heterocycles. The lowest BCUT2D eigenvalue weighted by molar-refractivity contribution is 0.129. The first-order chi connectivity index (χ1) is 15.9. The zero-order valence-corrected chi connectivity index (χ0v) is 18.3. The molecule has 5 atom stereocenters. The van der Waals surface area contributed by atoms with Crippen LogP contribution in [0.2, 0.25) is 0 Å². The first kappa shape index (κ1) is 20.4. The Bertz CT molecular complexity index is 1240. The minimum atomic E-state index is -0.779. The molecule has 1 amide bonds. The lowest BCUT2D eigenvalue weighted by Crippen LogP contribution is -2.30. The van der Waals surface area contributed by atoms with Gasteiger partial charge in [0.15, 0.2) is 0 Å². The normalized spacial score (nSPS) is 30.4. The average Bonchev–Trinajstić information content (AvgIpc) is 3.33. The van der Waals surface area contributed by atoms with Crippen LogP contribution in [0.4, 0.5) is 14.9 Å². The number of amides is 1. The van der Waals surface area contributed by atoms with Crippen LogP contribution in [0, 0.1) is 17.7 Å². The number of hydrogen-bond donors (Lipinski definition) is 1. The third-order valence-electron chi connectivity index (χ3n) is 6.85. The number of hydrogen-bond acceptors (Lipinski definition) is 7. The SMILES string of the molecule is NC1(c2ccc(-c3ccc(N4C[C@H](Cn5ccnn5)OC4=O)cc3F)cn2)[C@@H]2CS(=O)C[C@@H]21. The summed E-state index contributed by atoms with van der Waals surface area (Å²) < 4.78 is 33.6. The van der Waals surface area contributed by atoms with E-state index >= 15 is 4.39 Å². The molecule has 3 aliphatic rings. The van der Waals surface area contributed by atoms with Crippen LogP contribution in [-0.2, 0) is 27.6 Å². The Morgan fingerprint density at radius 2 is 2.06 bits per heavy atom. The number of benzene rings is 1. The van der Waals surface area contributed by atoms with Crippen molar-refractivity contribution >= 4 is 22.6 Å². The van der Waals surface area contributed by atoms with Crippen LogP contribution in [0.15, 0.2) is 48.9 Å². The Hall–Kier alpha value is -3.18. The number of fused-ring (bicyclic) bond motifs is 1. The molecule has 0 radical (unpaired) electrons. The van der Waals surface area contributed by atoms with E-state index in [0.29, 0.717) is 41.4 Å². The van der Waals surface area contributed by atoms with Gasteiger partial charge in [-0.1, -0.05) is 11.3 Å². The molecule has 9 nitrogen and oxygen atoms in total. The molecule has 33 heavy (non-hydrogen) atoms. The molecule has 4 heterocycles. The number of aromatic nitrogens is 4. The van der Waals surface area contributed by atoms with Crippen molar-refractivity contribution in [1.82, 2.24) is 20.0 Å². The monoisotopic (exact) mass is 468 g/mol. The highest BCUT2D eigenvalue weighted by atomic mass is 32.2. The predicted molar refractivity (Wildman–Crippen MR) is 118 cm³/mol. The molecule has 3 fully saturated rings. The molecule has 1 aliphatic carbocycles. The molecule has 1 saturated carbocycles. The summed E-state index contributed by atoms with van der Waals surface area (Å²) in [5, 5.41) is 7.61. The summed E-state index contributed by atoms with van der Waals surface area (Å²) in [7, 11) is -0.779. The largest absolute Gasteiger partial charge is 0.442 e. The number of pyridine rings is 1. The van der Waals surface area contributed by atoms with E-state index in [1.54, 1.807) is 41.5 Å². The van der Waals surface area contributed by atoms with Crippen LogP contribution in [0.5, 0.6) is 0 Å². The van der Waals surface area contributed by atoms with Crippen molar-refractivity contribution in [2.45, 2.75) is 18.2 Å². The first-order valence-corrected chi connectivity index (χ1v) is 12.1. The van der Waals surface area contributed by atoms with Gasteiger partial charge in [0, 0.05) is 57.7 Å². The van der Waals surface area contributed by atoms with E-state index in [1.807, 2.05) is 6.07 Å². The zero-order valence-electron chi connectivity index (χ0n) is 17.5. The van der Waals surface area contributed by atoms with Gasteiger partial charge in [0.05, 0.1) is 36.2 Å². The maximum absolute atomic E-state index is 15.0. The molecule has 0 spiro atoms. The van der Waals surface area contributed by atoms with E-state index in [-0.39, 0.29) is 11.8 Å². The highest BCUT2D eigenvalue weighted by molar-refractivity contribution is 7.85. The van der Waals surface area contributed by atoms with Crippen molar-refractivity contribution in [3.8, 4) is 11.1 Å². The van der Waals surface area contributed by atoms with Gasteiger partial charge in [0.1, 0.15) is 11.9 Å². The summed E-state index contributed by atoms with van der Waals surface area (Å²) in [5.41, 5.74) is 8.19. The summed E-state index contributed by atoms with van der Waals surface area (Å²) in [6, 6.07) is 8.28. The molecule has 3 aromatic rings. The highest BCUT2D eigenvalue weighted by Crippen LogP contribution is 2.59. The van der Waals surface area contributed by atoms with Crippen molar-refractivity contribution < 1.29 is 18.1 Å². The lowest BCUT2D eigenvalue weighted by atomic mass is 10.0. The molecule has 0 bridgehead atoms. The van der Waals surface area contributed by atoms with E-state index in [2.05, 4.69) is 15.3 Å². The summed E-state index contributed by atoms with van der Waals surface area (Å²) in [6.45, 7) is 0.667. The highest BCUT2D eigenvalue weighted by Gasteiger charge is 2.67. The summed E-state index contributed by atoms with van der Waals surface area (Å²) in [5.74, 6) is 1.21. The van der Waals surface area contributed by atoms with Gasteiger partial charge in [-0.05, 0) is 24.3 Å². The summed E-state index contributed by atoms with van der Waals surface area (Å²) in [6.07, 6.45) is 3.93. The van der Waals surface area contributed by atoms with E-state index < -0.39 is 34.4 Å². The van der Waals surface area contributed by atoms with Gasteiger partial charge >= 0.3 is 6.09 Å². The fourth-order valence-electron chi connectivity index (χ4n) is 5.00. The number of halogens is 1. The Morgan fingerprint density at radius 3 is 2.73 bits per heavy atom. The average molecular weight is 469 g/mol. The van der Waals surface area contributed by atoms with Crippen LogP contribution >= 0.6 is 0 Å². The van der Waals surface area contributed by atoms with Crippen LogP contribution in [0.25, 0.3) is 11.1 Å². The van der Waals surface area contributed by atoms with Gasteiger partial charge in [-0.25, -0.2) is 13.9 Å². The van der Waals surface area contributed by atoms with E-state index in [1.165, 1.54) is 11.0 Å². The fraction of sp³-hybridized carbons (Fsp3) is 0.364. The van der Waals surface area contributed by atoms with Crippen LogP contribution in [-0.4, -0.2) is 54.4 Å². The Balaban J connectivity index is 1.18. The summed E-state index contributed by atoms with van der Waals surface area (Å²) >= 11 is 0. The fourth-order valence-corrected chi connectivity index (χ4v) is 6.95. The number of nitrogens with two attached hydrogens (primary N) is 1. The van der Waals surface area contributed by atoms with Crippen molar-refractivity contribution in [2.24, 2.45) is 17.6 Å². The minimum Gasteiger partial charge on any atom is -0.442 e. The Kier molecular flexibility index (Phi) is 4.59. The Morgan fingerprint density at radius 1 is 1.24 bits per heavy atom. The molecule has 1 aromatic carbocycles. The van der Waals surface area contributed by atoms with E-state index in [0.717, 1.165) is 5.69 Å². The Labute approximate surface area is 191 Å². The van der Waals surface area contributed by atoms with Crippen molar-refractivity contribution in [3.05, 3.63) is 60.4 Å².